The van der Waals surface area contributed by atoms with E-state index in [4.69, 9.17) is 17.3 Å². The molecule has 2 heterocycles. The van der Waals surface area contributed by atoms with E-state index in [0.29, 0.717) is 18.2 Å². The predicted octanol–water partition coefficient (Wildman–Crippen LogP) is 3.56. The van der Waals surface area contributed by atoms with Crippen molar-refractivity contribution in [2.24, 2.45) is 5.73 Å². The SMILES string of the molecule is CCN(Cc1ccc(Cl)nc1)C1=C([N+](=O)[O-])C(c2cccc(F)c2)C(C#N)=C(N)N1C. The summed E-state index contributed by atoms with van der Waals surface area (Å²) in [5.74, 6) is -1.37. The second-order valence-electron chi connectivity index (χ2n) is 6.93. The number of benzene rings is 1. The minimum Gasteiger partial charge on any atom is -0.384 e. The monoisotopic (exact) mass is 442 g/mol. The molecule has 2 N–H and O–H groups in total. The van der Waals surface area contributed by atoms with Gasteiger partial charge in [-0.3, -0.25) is 10.1 Å². The lowest BCUT2D eigenvalue weighted by Gasteiger charge is -2.37. The van der Waals surface area contributed by atoms with Gasteiger partial charge in [-0.2, -0.15) is 5.26 Å². The summed E-state index contributed by atoms with van der Waals surface area (Å²) in [6, 6.07) is 10.8. The first-order chi connectivity index (χ1) is 14.8. The number of rotatable bonds is 6. The highest BCUT2D eigenvalue weighted by Gasteiger charge is 2.43. The third-order valence-electron chi connectivity index (χ3n) is 5.09. The molecule has 1 aliphatic heterocycles. The molecular weight excluding hydrogens is 423 g/mol. The summed E-state index contributed by atoms with van der Waals surface area (Å²) in [7, 11) is 1.57. The molecule has 10 heteroatoms. The molecule has 1 aliphatic rings. The number of hydrogen-bond acceptors (Lipinski definition) is 7. The van der Waals surface area contributed by atoms with Crippen molar-refractivity contribution >= 4 is 11.6 Å². The van der Waals surface area contributed by atoms with E-state index in [2.05, 4.69) is 4.98 Å². The Labute approximate surface area is 183 Å². The summed E-state index contributed by atoms with van der Waals surface area (Å²) in [6.07, 6.45) is 1.59. The van der Waals surface area contributed by atoms with Crippen LogP contribution in [-0.4, -0.2) is 33.3 Å². The van der Waals surface area contributed by atoms with Gasteiger partial charge < -0.3 is 15.5 Å². The zero-order valence-corrected chi connectivity index (χ0v) is 17.7. The van der Waals surface area contributed by atoms with Crippen molar-refractivity contribution in [3.63, 3.8) is 0 Å². The number of hydrogen-bond donors (Lipinski definition) is 1. The van der Waals surface area contributed by atoms with Crippen molar-refractivity contribution in [3.8, 4) is 6.07 Å². The van der Waals surface area contributed by atoms with Crippen molar-refractivity contribution in [2.45, 2.75) is 19.4 Å². The van der Waals surface area contributed by atoms with Gasteiger partial charge in [0.2, 0.25) is 0 Å². The first-order valence-corrected chi connectivity index (χ1v) is 9.79. The summed E-state index contributed by atoms with van der Waals surface area (Å²) >= 11 is 5.85. The van der Waals surface area contributed by atoms with Gasteiger partial charge in [-0.25, -0.2) is 9.37 Å². The number of nitrogens with zero attached hydrogens (tertiary/aromatic N) is 5. The fraction of sp³-hybridized carbons (Fsp3) is 0.238. The predicted molar refractivity (Wildman–Crippen MR) is 113 cm³/mol. The van der Waals surface area contributed by atoms with Crippen LogP contribution in [0.1, 0.15) is 24.0 Å². The fourth-order valence-corrected chi connectivity index (χ4v) is 3.74. The largest absolute Gasteiger partial charge is 0.384 e. The highest BCUT2D eigenvalue weighted by atomic mass is 35.5. The number of allylic oxidation sites excluding steroid dienone is 1. The Bertz CT molecular complexity index is 1110. The molecule has 0 amide bonds. The maximum Gasteiger partial charge on any atom is 0.299 e. The summed E-state index contributed by atoms with van der Waals surface area (Å²) in [5, 5.41) is 22.3. The van der Waals surface area contributed by atoms with Crippen molar-refractivity contribution in [1.29, 1.82) is 5.26 Å². The molecule has 0 aliphatic carbocycles. The third kappa shape index (κ3) is 4.29. The Morgan fingerprint density at radius 2 is 2.16 bits per heavy atom. The first-order valence-electron chi connectivity index (χ1n) is 9.41. The molecule has 0 spiro atoms. The van der Waals surface area contributed by atoms with Crippen LogP contribution in [0.3, 0.4) is 0 Å². The number of halogens is 2. The lowest BCUT2D eigenvalue weighted by Crippen LogP contribution is -2.42. The average Bonchev–Trinajstić information content (AvgIpc) is 2.74. The van der Waals surface area contributed by atoms with Crippen molar-refractivity contribution in [1.82, 2.24) is 14.8 Å². The lowest BCUT2D eigenvalue weighted by molar-refractivity contribution is -0.433. The third-order valence-corrected chi connectivity index (χ3v) is 5.31. The quantitative estimate of drug-likeness (QED) is 0.413. The molecule has 1 aromatic carbocycles. The van der Waals surface area contributed by atoms with Gasteiger partial charge in [0.1, 0.15) is 22.7 Å². The molecule has 3 rings (SSSR count). The van der Waals surface area contributed by atoms with Gasteiger partial charge >= 0.3 is 0 Å². The van der Waals surface area contributed by atoms with Crippen LogP contribution < -0.4 is 5.73 Å². The minimum atomic E-state index is -1.11. The molecule has 0 fully saturated rings. The van der Waals surface area contributed by atoms with Gasteiger partial charge in [-0.15, -0.1) is 0 Å². The molecule has 1 atom stereocenters. The lowest BCUT2D eigenvalue weighted by atomic mass is 9.86. The van der Waals surface area contributed by atoms with Crippen LogP contribution in [-0.2, 0) is 6.54 Å². The molecule has 0 saturated carbocycles. The summed E-state index contributed by atoms with van der Waals surface area (Å²) in [6.45, 7) is 2.55. The van der Waals surface area contributed by atoms with Crippen LogP contribution in [0.2, 0.25) is 5.15 Å². The van der Waals surface area contributed by atoms with E-state index in [1.54, 1.807) is 36.3 Å². The van der Waals surface area contributed by atoms with Crippen LogP contribution in [0.4, 0.5) is 4.39 Å². The molecular formula is C21H20ClFN6O2. The Morgan fingerprint density at radius 1 is 1.42 bits per heavy atom. The zero-order chi connectivity index (χ0) is 22.7. The average molecular weight is 443 g/mol. The summed E-state index contributed by atoms with van der Waals surface area (Å²) < 4.78 is 13.9. The second-order valence-corrected chi connectivity index (χ2v) is 7.31. The van der Waals surface area contributed by atoms with Crippen molar-refractivity contribution in [2.75, 3.05) is 13.6 Å². The van der Waals surface area contributed by atoms with Crippen molar-refractivity contribution < 1.29 is 9.31 Å². The topological polar surface area (TPSA) is 112 Å². The van der Waals surface area contributed by atoms with Crippen LogP contribution in [0.25, 0.3) is 0 Å². The van der Waals surface area contributed by atoms with Gasteiger partial charge in [0, 0.05) is 26.3 Å². The Morgan fingerprint density at radius 3 is 2.71 bits per heavy atom. The molecule has 0 bridgehead atoms. The van der Waals surface area contributed by atoms with Crippen molar-refractivity contribution in [3.05, 3.63) is 97.7 Å². The molecule has 1 unspecified atom stereocenters. The summed E-state index contributed by atoms with van der Waals surface area (Å²) in [5.41, 5.74) is 7.04. The van der Waals surface area contributed by atoms with E-state index in [9.17, 15) is 19.8 Å². The maximum absolute atomic E-state index is 13.9. The van der Waals surface area contributed by atoms with Gasteiger partial charge in [0.15, 0.2) is 5.82 Å². The van der Waals surface area contributed by atoms with Gasteiger partial charge in [0.05, 0.1) is 16.6 Å². The number of pyridine rings is 1. The Kier molecular flexibility index (Phi) is 6.42. The second kappa shape index (κ2) is 9.02. The molecule has 2 aromatic rings. The number of aromatic nitrogens is 1. The zero-order valence-electron chi connectivity index (χ0n) is 16.9. The van der Waals surface area contributed by atoms with Gasteiger partial charge in [-0.05, 0) is 36.2 Å². The molecule has 1 aromatic heterocycles. The highest BCUT2D eigenvalue weighted by Crippen LogP contribution is 2.41. The van der Waals surface area contributed by atoms with E-state index in [1.165, 1.54) is 23.1 Å². The van der Waals surface area contributed by atoms with E-state index >= 15 is 0 Å². The van der Waals surface area contributed by atoms with Crippen LogP contribution >= 0.6 is 11.6 Å². The molecule has 8 nitrogen and oxygen atoms in total. The number of nitro groups is 1. The normalized spacial score (nSPS) is 16.4. The molecule has 0 saturated heterocycles. The van der Waals surface area contributed by atoms with Crippen LogP contribution in [0.5, 0.6) is 0 Å². The van der Waals surface area contributed by atoms with Crippen LogP contribution in [0.15, 0.2) is 65.5 Å². The Balaban J connectivity index is 2.20. The number of nitrogens with two attached hydrogens (primary N) is 1. The summed E-state index contributed by atoms with van der Waals surface area (Å²) in [4.78, 5) is 19.0. The van der Waals surface area contributed by atoms with E-state index < -0.39 is 16.7 Å². The van der Waals surface area contributed by atoms with E-state index in [-0.39, 0.29) is 28.5 Å². The first kappa shape index (κ1) is 22.1. The molecule has 31 heavy (non-hydrogen) atoms. The standard InChI is InChI=1S/C21H20ClFN6O2/c1-3-28(12-13-7-8-17(22)26-11-13)21-19(29(30)31)18(14-5-4-6-15(23)9-14)16(10-24)20(25)27(21)2/h4-9,11,18H,3,12,25H2,1-2H3. The van der Waals surface area contributed by atoms with E-state index in [0.717, 1.165) is 5.56 Å². The fourth-order valence-electron chi connectivity index (χ4n) is 3.63. The van der Waals surface area contributed by atoms with Crippen LogP contribution in [0, 0.1) is 27.3 Å². The number of nitriles is 1. The van der Waals surface area contributed by atoms with Gasteiger partial charge in [0.25, 0.3) is 5.70 Å². The Hall–Kier alpha value is -3.64. The molecule has 0 radical (unpaired) electrons. The highest BCUT2D eigenvalue weighted by molar-refractivity contribution is 6.29. The minimum absolute atomic E-state index is 0.00670. The molecule has 160 valence electrons. The smallest absolute Gasteiger partial charge is 0.299 e. The van der Waals surface area contributed by atoms with E-state index in [1.807, 2.05) is 13.0 Å². The van der Waals surface area contributed by atoms with Gasteiger partial charge in [-0.1, -0.05) is 29.8 Å². The maximum atomic E-state index is 13.9.